The Kier molecular flexibility index (Phi) is 3.72. The lowest BCUT2D eigenvalue weighted by Crippen LogP contribution is -2.26. The van der Waals surface area contributed by atoms with Crippen molar-refractivity contribution in [1.82, 2.24) is 0 Å². The van der Waals surface area contributed by atoms with Gasteiger partial charge >= 0.3 is 0 Å². The standard InChI is InChI=1S/C15H24O2/c1-9(2)12-7-8-17-15(12)14-10(3)5-6-13(14)11(4)16/h9-10,12,15H,5-8H2,1-4H3/t10-,12?,15?/m1/s1. The zero-order valence-electron chi connectivity index (χ0n) is 11.5. The minimum atomic E-state index is 0.214. The molecule has 1 saturated heterocycles. The minimum absolute atomic E-state index is 0.214. The van der Waals surface area contributed by atoms with Crippen LogP contribution in [0.15, 0.2) is 11.1 Å². The van der Waals surface area contributed by atoms with Crippen molar-refractivity contribution in [3.63, 3.8) is 0 Å². The summed E-state index contributed by atoms with van der Waals surface area (Å²) in [6, 6.07) is 0. The second-order valence-corrected chi connectivity index (χ2v) is 5.92. The molecule has 3 atom stereocenters. The van der Waals surface area contributed by atoms with E-state index in [4.69, 9.17) is 4.74 Å². The van der Waals surface area contributed by atoms with E-state index in [9.17, 15) is 4.79 Å². The summed E-state index contributed by atoms with van der Waals surface area (Å²) in [5.74, 6) is 2.01. The third-order valence-electron chi connectivity index (χ3n) is 4.43. The van der Waals surface area contributed by atoms with Crippen LogP contribution >= 0.6 is 0 Å². The van der Waals surface area contributed by atoms with Crippen molar-refractivity contribution in [1.29, 1.82) is 0 Å². The summed E-state index contributed by atoms with van der Waals surface area (Å²) in [5, 5.41) is 0. The van der Waals surface area contributed by atoms with Crippen LogP contribution in [0.1, 0.15) is 47.0 Å². The first-order valence-corrected chi connectivity index (χ1v) is 6.87. The van der Waals surface area contributed by atoms with Crippen molar-refractivity contribution in [2.75, 3.05) is 6.61 Å². The molecule has 0 N–H and O–H groups in total. The fourth-order valence-corrected chi connectivity index (χ4v) is 3.40. The number of hydrogen-bond acceptors (Lipinski definition) is 2. The highest BCUT2D eigenvalue weighted by molar-refractivity contribution is 5.94. The number of Topliss-reactive ketones (excluding diaryl/α,β-unsaturated/α-hetero) is 1. The summed E-state index contributed by atoms with van der Waals surface area (Å²) in [5.41, 5.74) is 2.39. The van der Waals surface area contributed by atoms with Gasteiger partial charge in [0.2, 0.25) is 0 Å². The van der Waals surface area contributed by atoms with Crippen molar-refractivity contribution in [2.24, 2.45) is 17.8 Å². The number of carbonyl (C=O) groups is 1. The summed E-state index contributed by atoms with van der Waals surface area (Å²) >= 11 is 0. The molecule has 1 aliphatic heterocycles. The van der Waals surface area contributed by atoms with Gasteiger partial charge in [0.1, 0.15) is 0 Å². The molecule has 0 aromatic carbocycles. The Morgan fingerprint density at radius 2 is 2.06 bits per heavy atom. The molecule has 0 spiro atoms. The number of allylic oxidation sites excluding steroid dienone is 1. The second-order valence-electron chi connectivity index (χ2n) is 5.92. The summed E-state index contributed by atoms with van der Waals surface area (Å²) in [4.78, 5) is 11.7. The minimum Gasteiger partial charge on any atom is -0.374 e. The molecule has 17 heavy (non-hydrogen) atoms. The van der Waals surface area contributed by atoms with Gasteiger partial charge in [0.25, 0.3) is 0 Å². The highest BCUT2D eigenvalue weighted by Crippen LogP contribution is 2.42. The lowest BCUT2D eigenvalue weighted by atomic mass is 9.82. The van der Waals surface area contributed by atoms with Crippen molar-refractivity contribution < 1.29 is 9.53 Å². The van der Waals surface area contributed by atoms with Crippen LogP contribution in [0.2, 0.25) is 0 Å². The van der Waals surface area contributed by atoms with E-state index in [2.05, 4.69) is 20.8 Å². The van der Waals surface area contributed by atoms with Gasteiger partial charge in [0.05, 0.1) is 6.10 Å². The van der Waals surface area contributed by atoms with Crippen molar-refractivity contribution >= 4 is 5.78 Å². The summed E-state index contributed by atoms with van der Waals surface area (Å²) in [7, 11) is 0. The van der Waals surface area contributed by atoms with Gasteiger partial charge in [-0.1, -0.05) is 20.8 Å². The third-order valence-corrected chi connectivity index (χ3v) is 4.43. The fraction of sp³-hybridized carbons (Fsp3) is 0.800. The molecule has 2 nitrogen and oxygen atoms in total. The normalized spacial score (nSPS) is 33.8. The molecule has 2 heteroatoms. The lowest BCUT2D eigenvalue weighted by Gasteiger charge is -2.26. The first kappa shape index (κ1) is 12.8. The monoisotopic (exact) mass is 236 g/mol. The Balaban J connectivity index is 2.30. The molecule has 96 valence electrons. The Morgan fingerprint density at radius 1 is 1.35 bits per heavy atom. The van der Waals surface area contributed by atoms with Crippen LogP contribution in [-0.4, -0.2) is 18.5 Å². The van der Waals surface area contributed by atoms with Gasteiger partial charge in [-0.3, -0.25) is 4.79 Å². The quantitative estimate of drug-likeness (QED) is 0.751. The molecule has 2 rings (SSSR count). The van der Waals surface area contributed by atoms with Crippen LogP contribution in [0.3, 0.4) is 0 Å². The van der Waals surface area contributed by atoms with Crippen LogP contribution in [0, 0.1) is 17.8 Å². The van der Waals surface area contributed by atoms with E-state index >= 15 is 0 Å². The van der Waals surface area contributed by atoms with Gasteiger partial charge < -0.3 is 4.74 Å². The van der Waals surface area contributed by atoms with Gasteiger partial charge in [-0.15, -0.1) is 0 Å². The Morgan fingerprint density at radius 3 is 2.65 bits per heavy atom. The first-order chi connectivity index (χ1) is 8.02. The highest BCUT2D eigenvalue weighted by atomic mass is 16.5. The molecule has 1 heterocycles. The lowest BCUT2D eigenvalue weighted by molar-refractivity contribution is -0.113. The maximum absolute atomic E-state index is 11.7. The van der Waals surface area contributed by atoms with Gasteiger partial charge in [-0.05, 0) is 55.1 Å². The number of hydrogen-bond donors (Lipinski definition) is 0. The van der Waals surface area contributed by atoms with Gasteiger partial charge in [0, 0.05) is 6.61 Å². The van der Waals surface area contributed by atoms with Gasteiger partial charge in [-0.2, -0.15) is 0 Å². The Labute approximate surface area is 104 Å². The van der Waals surface area contributed by atoms with E-state index in [1.54, 1.807) is 6.92 Å². The predicted octanol–water partition coefficient (Wildman–Crippen LogP) is 3.36. The number of rotatable bonds is 3. The molecule has 2 unspecified atom stereocenters. The zero-order valence-corrected chi connectivity index (χ0v) is 11.5. The summed E-state index contributed by atoms with van der Waals surface area (Å²) in [6.45, 7) is 9.33. The van der Waals surface area contributed by atoms with Crippen LogP contribution in [0.5, 0.6) is 0 Å². The smallest absolute Gasteiger partial charge is 0.155 e. The average molecular weight is 236 g/mol. The Bertz CT molecular complexity index is 341. The third kappa shape index (κ3) is 2.33. The van der Waals surface area contributed by atoms with E-state index in [1.807, 2.05) is 0 Å². The van der Waals surface area contributed by atoms with Crippen LogP contribution in [0.25, 0.3) is 0 Å². The molecule has 0 saturated carbocycles. The molecule has 2 aliphatic rings. The first-order valence-electron chi connectivity index (χ1n) is 6.87. The molecule has 0 amide bonds. The van der Waals surface area contributed by atoms with Crippen molar-refractivity contribution in [3.05, 3.63) is 11.1 Å². The SMILES string of the molecule is CC(=O)C1=C(C2OCCC2C(C)C)[C@H](C)CC1. The molecular weight excluding hydrogens is 212 g/mol. The molecule has 0 aromatic rings. The maximum atomic E-state index is 11.7. The number of carbonyl (C=O) groups excluding carboxylic acids is 1. The Hall–Kier alpha value is -0.630. The van der Waals surface area contributed by atoms with Gasteiger partial charge in [0.15, 0.2) is 5.78 Å². The fourth-order valence-electron chi connectivity index (χ4n) is 3.40. The largest absolute Gasteiger partial charge is 0.374 e. The van der Waals surface area contributed by atoms with E-state index in [-0.39, 0.29) is 11.9 Å². The summed E-state index contributed by atoms with van der Waals surface area (Å²) in [6.07, 6.45) is 3.43. The zero-order chi connectivity index (χ0) is 12.6. The van der Waals surface area contributed by atoms with E-state index in [0.29, 0.717) is 17.8 Å². The number of ketones is 1. The van der Waals surface area contributed by atoms with Gasteiger partial charge in [-0.25, -0.2) is 0 Å². The van der Waals surface area contributed by atoms with Crippen LogP contribution in [-0.2, 0) is 9.53 Å². The van der Waals surface area contributed by atoms with Crippen LogP contribution < -0.4 is 0 Å². The number of ether oxygens (including phenoxy) is 1. The highest BCUT2D eigenvalue weighted by Gasteiger charge is 2.39. The van der Waals surface area contributed by atoms with Crippen molar-refractivity contribution in [2.45, 2.75) is 53.1 Å². The second kappa shape index (κ2) is 4.93. The average Bonchev–Trinajstić information content (AvgIpc) is 2.82. The molecular formula is C15H24O2. The van der Waals surface area contributed by atoms with Crippen molar-refractivity contribution in [3.8, 4) is 0 Å². The molecule has 1 fully saturated rings. The van der Waals surface area contributed by atoms with Crippen LogP contribution in [0.4, 0.5) is 0 Å². The maximum Gasteiger partial charge on any atom is 0.155 e. The van der Waals surface area contributed by atoms with E-state index in [0.717, 1.165) is 31.4 Å². The molecule has 1 aliphatic carbocycles. The predicted molar refractivity (Wildman–Crippen MR) is 68.8 cm³/mol. The van der Waals surface area contributed by atoms with E-state index in [1.165, 1.54) is 5.57 Å². The molecule has 0 radical (unpaired) electrons. The van der Waals surface area contributed by atoms with E-state index < -0.39 is 0 Å². The molecule has 0 bridgehead atoms. The topological polar surface area (TPSA) is 26.3 Å². The summed E-state index contributed by atoms with van der Waals surface area (Å²) < 4.78 is 5.95. The molecule has 0 aromatic heterocycles.